The Morgan fingerprint density at radius 2 is 1.88 bits per heavy atom. The largest absolute Gasteiger partial charge is 0.493 e. The summed E-state index contributed by atoms with van der Waals surface area (Å²) in [4.78, 5) is 0. The number of hydrogen-bond acceptors (Lipinski definition) is 4. The van der Waals surface area contributed by atoms with E-state index >= 15 is 0 Å². The van der Waals surface area contributed by atoms with Gasteiger partial charge in [-0.2, -0.15) is 0 Å². The van der Waals surface area contributed by atoms with Crippen LogP contribution in [0.4, 0.5) is 0 Å². The average Bonchev–Trinajstić information content (AvgIpc) is 2.59. The van der Waals surface area contributed by atoms with Crippen LogP contribution in [0.25, 0.3) is 0 Å². The predicted molar refractivity (Wildman–Crippen MR) is 96.9 cm³/mol. The van der Waals surface area contributed by atoms with Gasteiger partial charge in [0.15, 0.2) is 11.5 Å². The molecular formula is C19H24ClNO3. The molecule has 0 aliphatic heterocycles. The number of nitrogens with one attached hydrogen (secondary N) is 1. The first-order valence-corrected chi connectivity index (χ1v) is 8.38. The van der Waals surface area contributed by atoms with Crippen LogP contribution in [0.2, 0.25) is 5.02 Å². The monoisotopic (exact) mass is 349 g/mol. The molecule has 0 fully saturated rings. The first-order valence-electron chi connectivity index (χ1n) is 8.00. The van der Waals surface area contributed by atoms with Crippen LogP contribution in [-0.2, 0) is 13.2 Å². The second-order valence-corrected chi connectivity index (χ2v) is 6.04. The molecule has 2 rings (SSSR count). The molecule has 0 saturated heterocycles. The number of benzene rings is 2. The highest BCUT2D eigenvalue weighted by molar-refractivity contribution is 6.32. The summed E-state index contributed by atoms with van der Waals surface area (Å²) in [5.74, 6) is 1.17. The number of hydrogen-bond donors (Lipinski definition) is 2. The summed E-state index contributed by atoms with van der Waals surface area (Å²) in [6, 6.07) is 12.0. The Labute approximate surface area is 148 Å². The molecule has 0 spiro atoms. The van der Waals surface area contributed by atoms with Crippen LogP contribution in [0.15, 0.2) is 36.4 Å². The highest BCUT2D eigenvalue weighted by atomic mass is 35.5. The standard InChI is InChI=1S/C19H24ClNO3/c1-14-4-6-15(7-5-14)13-24-19-17(20)10-16(11-18(19)23-2)12-21-8-3-9-22/h4-7,10-11,21-22H,3,8-9,12-13H2,1-2H3. The highest BCUT2D eigenvalue weighted by Crippen LogP contribution is 2.37. The van der Waals surface area contributed by atoms with E-state index in [2.05, 4.69) is 24.4 Å². The van der Waals surface area contributed by atoms with Crippen molar-refractivity contribution in [2.45, 2.75) is 26.5 Å². The van der Waals surface area contributed by atoms with Gasteiger partial charge >= 0.3 is 0 Å². The third-order valence-corrected chi connectivity index (χ3v) is 3.91. The van der Waals surface area contributed by atoms with Crippen molar-refractivity contribution in [3.8, 4) is 11.5 Å². The quantitative estimate of drug-likeness (QED) is 0.678. The fourth-order valence-electron chi connectivity index (χ4n) is 2.29. The van der Waals surface area contributed by atoms with Crippen molar-refractivity contribution in [1.29, 1.82) is 0 Å². The molecule has 0 atom stereocenters. The van der Waals surface area contributed by atoms with E-state index in [0.717, 1.165) is 24.1 Å². The van der Waals surface area contributed by atoms with Crippen LogP contribution in [0.3, 0.4) is 0 Å². The Bertz CT molecular complexity index is 644. The SMILES string of the molecule is COc1cc(CNCCCO)cc(Cl)c1OCc1ccc(C)cc1. The van der Waals surface area contributed by atoms with Gasteiger partial charge in [0.25, 0.3) is 0 Å². The third kappa shape index (κ3) is 5.41. The Kier molecular flexibility index (Phi) is 7.37. The molecule has 0 unspecified atom stereocenters. The molecule has 0 bridgehead atoms. The van der Waals surface area contributed by atoms with Gasteiger partial charge in [-0.25, -0.2) is 0 Å². The second kappa shape index (κ2) is 9.52. The van der Waals surface area contributed by atoms with Gasteiger partial charge in [0.1, 0.15) is 6.61 Å². The van der Waals surface area contributed by atoms with Crippen LogP contribution in [0, 0.1) is 6.92 Å². The summed E-state index contributed by atoms with van der Waals surface area (Å²) < 4.78 is 11.3. The van der Waals surface area contributed by atoms with Gasteiger partial charge in [-0.3, -0.25) is 0 Å². The normalized spacial score (nSPS) is 10.7. The van der Waals surface area contributed by atoms with E-state index in [1.807, 2.05) is 24.3 Å². The first kappa shape index (κ1) is 18.6. The number of ether oxygens (including phenoxy) is 2. The van der Waals surface area contributed by atoms with Crippen LogP contribution in [0.5, 0.6) is 11.5 Å². The molecule has 2 N–H and O–H groups in total. The Balaban J connectivity index is 2.04. The van der Waals surface area contributed by atoms with Crippen LogP contribution >= 0.6 is 11.6 Å². The Morgan fingerprint density at radius 3 is 2.54 bits per heavy atom. The van der Waals surface area contributed by atoms with E-state index in [-0.39, 0.29) is 6.61 Å². The molecule has 4 nitrogen and oxygen atoms in total. The van der Waals surface area contributed by atoms with Crippen LogP contribution < -0.4 is 14.8 Å². The Morgan fingerprint density at radius 1 is 1.12 bits per heavy atom. The van der Waals surface area contributed by atoms with E-state index in [4.69, 9.17) is 26.2 Å². The fraction of sp³-hybridized carbons (Fsp3) is 0.368. The van der Waals surface area contributed by atoms with Gasteiger partial charge in [0, 0.05) is 13.2 Å². The lowest BCUT2D eigenvalue weighted by molar-refractivity contribution is 0.284. The lowest BCUT2D eigenvalue weighted by atomic mass is 10.1. The molecule has 0 aromatic heterocycles. The van der Waals surface area contributed by atoms with E-state index in [1.165, 1.54) is 5.56 Å². The zero-order valence-electron chi connectivity index (χ0n) is 14.1. The maximum absolute atomic E-state index is 8.80. The minimum atomic E-state index is 0.183. The molecule has 2 aromatic rings. The van der Waals surface area contributed by atoms with Crippen molar-refractivity contribution < 1.29 is 14.6 Å². The summed E-state index contributed by atoms with van der Waals surface area (Å²) >= 11 is 6.37. The van der Waals surface area contributed by atoms with Gasteiger partial charge < -0.3 is 19.9 Å². The maximum atomic E-state index is 8.80. The summed E-state index contributed by atoms with van der Waals surface area (Å²) in [7, 11) is 1.60. The van der Waals surface area contributed by atoms with E-state index < -0.39 is 0 Å². The number of rotatable bonds is 9. The van der Waals surface area contributed by atoms with Crippen molar-refractivity contribution in [3.05, 3.63) is 58.1 Å². The molecule has 24 heavy (non-hydrogen) atoms. The van der Waals surface area contributed by atoms with Crippen molar-refractivity contribution in [1.82, 2.24) is 5.32 Å². The average molecular weight is 350 g/mol. The molecule has 0 amide bonds. The van der Waals surface area contributed by atoms with Gasteiger partial charge in [-0.05, 0) is 43.1 Å². The number of aliphatic hydroxyl groups is 1. The molecule has 130 valence electrons. The van der Waals surface area contributed by atoms with Crippen molar-refractivity contribution in [3.63, 3.8) is 0 Å². The first-order chi connectivity index (χ1) is 11.6. The zero-order valence-corrected chi connectivity index (χ0v) is 14.9. The summed E-state index contributed by atoms with van der Waals surface area (Å²) in [6.07, 6.45) is 0.725. The van der Waals surface area contributed by atoms with E-state index in [9.17, 15) is 0 Å². The topological polar surface area (TPSA) is 50.7 Å². The molecule has 5 heteroatoms. The molecule has 0 aliphatic carbocycles. The van der Waals surface area contributed by atoms with Gasteiger partial charge in [0.05, 0.1) is 12.1 Å². The molecular weight excluding hydrogens is 326 g/mol. The lowest BCUT2D eigenvalue weighted by Gasteiger charge is -2.15. The molecule has 0 aliphatic rings. The zero-order chi connectivity index (χ0) is 17.4. The van der Waals surface area contributed by atoms with Gasteiger partial charge in [-0.1, -0.05) is 41.4 Å². The maximum Gasteiger partial charge on any atom is 0.180 e. The van der Waals surface area contributed by atoms with Crippen LogP contribution in [-0.4, -0.2) is 25.4 Å². The van der Waals surface area contributed by atoms with E-state index in [0.29, 0.717) is 29.7 Å². The molecule has 0 saturated carbocycles. The molecule has 0 heterocycles. The number of halogens is 1. The highest BCUT2D eigenvalue weighted by Gasteiger charge is 2.12. The molecule has 0 radical (unpaired) electrons. The van der Waals surface area contributed by atoms with Crippen LogP contribution in [0.1, 0.15) is 23.1 Å². The number of aliphatic hydroxyl groups excluding tert-OH is 1. The van der Waals surface area contributed by atoms with Crippen molar-refractivity contribution in [2.75, 3.05) is 20.3 Å². The second-order valence-electron chi connectivity index (χ2n) is 5.64. The van der Waals surface area contributed by atoms with Gasteiger partial charge in [-0.15, -0.1) is 0 Å². The summed E-state index contributed by atoms with van der Waals surface area (Å²) in [6.45, 7) is 4.08. The fourth-order valence-corrected chi connectivity index (χ4v) is 2.58. The third-order valence-electron chi connectivity index (χ3n) is 3.63. The minimum Gasteiger partial charge on any atom is -0.493 e. The minimum absolute atomic E-state index is 0.183. The number of aryl methyl sites for hydroxylation is 1. The summed E-state index contributed by atoms with van der Waals surface area (Å²) in [5, 5.41) is 12.6. The van der Waals surface area contributed by atoms with Gasteiger partial charge in [0.2, 0.25) is 0 Å². The predicted octanol–water partition coefficient (Wildman–Crippen LogP) is 3.71. The lowest BCUT2D eigenvalue weighted by Crippen LogP contribution is -2.15. The van der Waals surface area contributed by atoms with Crippen molar-refractivity contribution in [2.24, 2.45) is 0 Å². The number of methoxy groups -OCH3 is 1. The summed E-state index contributed by atoms with van der Waals surface area (Å²) in [5.41, 5.74) is 3.30. The smallest absolute Gasteiger partial charge is 0.180 e. The molecule has 2 aromatic carbocycles. The Hall–Kier alpha value is -1.75. The van der Waals surface area contributed by atoms with Crippen molar-refractivity contribution >= 4 is 11.6 Å². The van der Waals surface area contributed by atoms with E-state index in [1.54, 1.807) is 7.11 Å².